The van der Waals surface area contributed by atoms with Crippen LogP contribution in [0.3, 0.4) is 0 Å². The lowest BCUT2D eigenvalue weighted by Crippen LogP contribution is -2.54. The molecular formula is C18H30F5NO3. The Balaban J connectivity index is 3.83. The number of alkyl halides is 5. The molecule has 0 aliphatic carbocycles. The van der Waals surface area contributed by atoms with Crippen molar-refractivity contribution in [2.45, 2.75) is 96.2 Å². The normalized spacial score (nSPS) is 13.3. The van der Waals surface area contributed by atoms with Gasteiger partial charge in [0, 0.05) is 0 Å². The smallest absolute Gasteiger partial charge is 0.463 e. The molecule has 0 bridgehead atoms. The molecule has 0 aromatic carbocycles. The summed E-state index contributed by atoms with van der Waals surface area (Å²) in [6.45, 7) is 3.19. The average molecular weight is 403 g/mol. The van der Waals surface area contributed by atoms with Crippen molar-refractivity contribution in [3.63, 3.8) is 0 Å². The van der Waals surface area contributed by atoms with Gasteiger partial charge in [-0.15, -0.1) is 0 Å². The Hall–Kier alpha value is -1.41. The van der Waals surface area contributed by atoms with Gasteiger partial charge in [0.05, 0.1) is 6.61 Å². The lowest BCUT2D eigenvalue weighted by molar-refractivity contribution is -0.270. The predicted octanol–water partition coefficient (Wildman–Crippen LogP) is 5.15. The number of rotatable bonds is 14. The van der Waals surface area contributed by atoms with Crippen molar-refractivity contribution in [3.05, 3.63) is 0 Å². The van der Waals surface area contributed by atoms with Gasteiger partial charge < -0.3 is 10.1 Å². The third-order valence-electron chi connectivity index (χ3n) is 4.08. The summed E-state index contributed by atoms with van der Waals surface area (Å²) in [5, 5.41) is 1.33. The summed E-state index contributed by atoms with van der Waals surface area (Å²) < 4.78 is 66.6. The van der Waals surface area contributed by atoms with E-state index in [1.807, 2.05) is 0 Å². The summed E-state index contributed by atoms with van der Waals surface area (Å²) in [7, 11) is 0. The average Bonchev–Trinajstić information content (AvgIpc) is 2.58. The van der Waals surface area contributed by atoms with Crippen LogP contribution in [-0.2, 0) is 14.3 Å². The van der Waals surface area contributed by atoms with Crippen LogP contribution in [0.4, 0.5) is 22.0 Å². The Kier molecular flexibility index (Phi) is 12.2. The van der Waals surface area contributed by atoms with Gasteiger partial charge in [-0.05, 0) is 13.3 Å². The van der Waals surface area contributed by atoms with Crippen LogP contribution < -0.4 is 5.32 Å². The second kappa shape index (κ2) is 12.9. The van der Waals surface area contributed by atoms with Crippen molar-refractivity contribution in [2.75, 3.05) is 6.61 Å². The molecule has 0 aliphatic rings. The first kappa shape index (κ1) is 25.6. The highest BCUT2D eigenvalue weighted by molar-refractivity contribution is 5.88. The fourth-order valence-electron chi connectivity index (χ4n) is 2.36. The standard InChI is InChI=1S/C18H30F5NO3/c1-3-4-5-6-7-8-9-10-11-12-13-27-15(25)14(2)24-16(26)17(19,20)18(21,22)23/h14H,3-13H2,1-2H3,(H,24,26). The summed E-state index contributed by atoms with van der Waals surface area (Å²) in [6.07, 6.45) is 4.78. The quantitative estimate of drug-likeness (QED) is 0.248. The number of unbranched alkanes of at least 4 members (excludes halogenated alkanes) is 9. The molecule has 27 heavy (non-hydrogen) atoms. The van der Waals surface area contributed by atoms with Crippen LogP contribution in [0.15, 0.2) is 0 Å². The van der Waals surface area contributed by atoms with E-state index in [-0.39, 0.29) is 6.61 Å². The van der Waals surface area contributed by atoms with Crippen LogP contribution in [0.2, 0.25) is 0 Å². The van der Waals surface area contributed by atoms with Crippen molar-refractivity contribution in [1.82, 2.24) is 5.32 Å². The van der Waals surface area contributed by atoms with Gasteiger partial charge >= 0.3 is 24.0 Å². The number of carbonyl (C=O) groups is 2. The minimum absolute atomic E-state index is 0.0329. The number of carbonyl (C=O) groups excluding carboxylic acids is 2. The maximum atomic E-state index is 12.8. The summed E-state index contributed by atoms with van der Waals surface area (Å²) in [5.74, 6) is -9.17. The van der Waals surface area contributed by atoms with Gasteiger partial charge in [0.15, 0.2) is 0 Å². The molecular weight excluding hydrogens is 373 g/mol. The van der Waals surface area contributed by atoms with Gasteiger partial charge in [-0.1, -0.05) is 64.7 Å². The lowest BCUT2D eigenvalue weighted by atomic mass is 10.1. The monoisotopic (exact) mass is 403 g/mol. The molecule has 9 heteroatoms. The Bertz CT molecular complexity index is 441. The summed E-state index contributed by atoms with van der Waals surface area (Å²) in [5.41, 5.74) is 0. The van der Waals surface area contributed by atoms with Gasteiger partial charge in [0.25, 0.3) is 0 Å². The molecule has 0 rings (SSSR count). The van der Waals surface area contributed by atoms with Crippen LogP contribution in [-0.4, -0.2) is 36.6 Å². The molecule has 0 aromatic rings. The summed E-state index contributed by atoms with van der Waals surface area (Å²) >= 11 is 0. The van der Waals surface area contributed by atoms with E-state index in [9.17, 15) is 31.5 Å². The number of hydrogen-bond donors (Lipinski definition) is 1. The van der Waals surface area contributed by atoms with Crippen LogP contribution >= 0.6 is 0 Å². The summed E-state index contributed by atoms with van der Waals surface area (Å²) in [4.78, 5) is 22.5. The van der Waals surface area contributed by atoms with Crippen molar-refractivity contribution in [3.8, 4) is 0 Å². The van der Waals surface area contributed by atoms with Gasteiger partial charge in [-0.3, -0.25) is 4.79 Å². The third kappa shape index (κ3) is 10.5. The highest BCUT2D eigenvalue weighted by Gasteiger charge is 2.63. The molecule has 1 N–H and O–H groups in total. The number of halogens is 5. The van der Waals surface area contributed by atoms with Crippen molar-refractivity contribution >= 4 is 11.9 Å². The van der Waals surface area contributed by atoms with Crippen LogP contribution in [0.25, 0.3) is 0 Å². The molecule has 0 saturated carbocycles. The van der Waals surface area contributed by atoms with Gasteiger partial charge in [-0.2, -0.15) is 22.0 Å². The number of ether oxygens (including phenoxy) is 1. The molecule has 1 unspecified atom stereocenters. The van der Waals surface area contributed by atoms with E-state index in [0.29, 0.717) is 6.42 Å². The van der Waals surface area contributed by atoms with E-state index in [2.05, 4.69) is 6.92 Å². The fraction of sp³-hybridized carbons (Fsp3) is 0.889. The van der Waals surface area contributed by atoms with Gasteiger partial charge in [-0.25, -0.2) is 4.79 Å². The third-order valence-corrected chi connectivity index (χ3v) is 4.08. The molecule has 1 amide bonds. The highest BCUT2D eigenvalue weighted by Crippen LogP contribution is 2.35. The van der Waals surface area contributed by atoms with Gasteiger partial charge in [0.2, 0.25) is 0 Å². The molecule has 0 heterocycles. The molecule has 0 spiro atoms. The molecule has 0 aromatic heterocycles. The van der Waals surface area contributed by atoms with Gasteiger partial charge in [0.1, 0.15) is 6.04 Å². The first-order chi connectivity index (χ1) is 12.5. The fourth-order valence-corrected chi connectivity index (χ4v) is 2.36. The lowest BCUT2D eigenvalue weighted by Gasteiger charge is -2.20. The zero-order chi connectivity index (χ0) is 20.9. The minimum Gasteiger partial charge on any atom is -0.464 e. The van der Waals surface area contributed by atoms with E-state index >= 15 is 0 Å². The number of hydrogen-bond acceptors (Lipinski definition) is 3. The zero-order valence-corrected chi connectivity index (χ0v) is 16.0. The molecule has 160 valence electrons. The maximum absolute atomic E-state index is 12.8. The van der Waals surface area contributed by atoms with Crippen molar-refractivity contribution in [2.24, 2.45) is 0 Å². The molecule has 0 radical (unpaired) electrons. The Morgan fingerprint density at radius 1 is 0.852 bits per heavy atom. The Labute approximate surface area is 157 Å². The summed E-state index contributed by atoms with van der Waals surface area (Å²) in [6, 6.07) is -1.59. The van der Waals surface area contributed by atoms with E-state index in [4.69, 9.17) is 4.74 Å². The molecule has 0 fully saturated rings. The number of nitrogens with one attached hydrogen (secondary N) is 1. The van der Waals surface area contributed by atoms with Crippen LogP contribution in [0.1, 0.15) is 78.1 Å². The molecule has 1 atom stereocenters. The predicted molar refractivity (Wildman–Crippen MR) is 91.4 cm³/mol. The Morgan fingerprint density at radius 3 is 1.74 bits per heavy atom. The Morgan fingerprint density at radius 2 is 1.30 bits per heavy atom. The topological polar surface area (TPSA) is 55.4 Å². The number of esters is 1. The van der Waals surface area contributed by atoms with E-state index in [1.165, 1.54) is 37.4 Å². The van der Waals surface area contributed by atoms with Crippen LogP contribution in [0.5, 0.6) is 0 Å². The minimum atomic E-state index is -6.02. The molecule has 0 aliphatic heterocycles. The zero-order valence-electron chi connectivity index (χ0n) is 16.0. The second-order valence-corrected chi connectivity index (χ2v) is 6.62. The first-order valence-electron chi connectivity index (χ1n) is 9.46. The highest BCUT2D eigenvalue weighted by atomic mass is 19.4. The SMILES string of the molecule is CCCCCCCCCCCCOC(=O)C(C)NC(=O)C(F)(F)C(F)(F)F. The van der Waals surface area contributed by atoms with Crippen molar-refractivity contribution < 1.29 is 36.3 Å². The first-order valence-corrected chi connectivity index (χ1v) is 9.46. The number of amides is 1. The van der Waals surface area contributed by atoms with E-state index in [1.54, 1.807) is 0 Å². The maximum Gasteiger partial charge on any atom is 0.463 e. The van der Waals surface area contributed by atoms with Crippen LogP contribution in [0, 0.1) is 0 Å². The molecule has 0 saturated heterocycles. The van der Waals surface area contributed by atoms with E-state index in [0.717, 1.165) is 32.6 Å². The second-order valence-electron chi connectivity index (χ2n) is 6.62. The largest absolute Gasteiger partial charge is 0.464 e. The van der Waals surface area contributed by atoms with Crippen molar-refractivity contribution in [1.29, 1.82) is 0 Å². The molecule has 4 nitrogen and oxygen atoms in total. The van der Waals surface area contributed by atoms with E-state index < -0.39 is 30.0 Å².